The summed E-state index contributed by atoms with van der Waals surface area (Å²) < 4.78 is 12.9. The number of carbonyl (C=O) groups is 4. The van der Waals surface area contributed by atoms with Crippen LogP contribution in [0.4, 0.5) is 5.69 Å². The summed E-state index contributed by atoms with van der Waals surface area (Å²) in [7, 11) is 4.83. The molecule has 0 saturated carbocycles. The van der Waals surface area contributed by atoms with Gasteiger partial charge in [0.15, 0.2) is 0 Å². The monoisotopic (exact) mass is 769 g/mol. The molecule has 6 rings (SSSR count). The third kappa shape index (κ3) is 9.92. The highest BCUT2D eigenvalue weighted by Crippen LogP contribution is 2.37. The van der Waals surface area contributed by atoms with Crippen LogP contribution in [0.5, 0.6) is 11.5 Å². The maximum atomic E-state index is 12.6. The van der Waals surface area contributed by atoms with Crippen molar-refractivity contribution in [2.75, 3.05) is 58.8 Å². The van der Waals surface area contributed by atoms with E-state index in [2.05, 4.69) is 53.8 Å². The summed E-state index contributed by atoms with van der Waals surface area (Å²) >= 11 is 0. The first-order valence-electron chi connectivity index (χ1n) is 19.1. The molecule has 2 aromatic heterocycles. The number of pyridine rings is 1. The van der Waals surface area contributed by atoms with Crippen LogP contribution in [0.2, 0.25) is 0 Å². The SMILES string of the molecule is COc1cc(-c2cn(C)c(=O)c3[nH]ncc23)cc(OC)c1CNCC(=O)NCCCCNC(=O)CN1CCC(c2ccc(NC3CCC(=O)NC3=O)cc2)CC1. The third-order valence-corrected chi connectivity index (χ3v) is 10.5. The zero-order chi connectivity index (χ0) is 39.6. The summed E-state index contributed by atoms with van der Waals surface area (Å²) in [6.07, 6.45) is 7.61. The van der Waals surface area contributed by atoms with Gasteiger partial charge in [-0.2, -0.15) is 5.10 Å². The van der Waals surface area contributed by atoms with E-state index >= 15 is 0 Å². The lowest BCUT2D eigenvalue weighted by Gasteiger charge is -2.31. The molecule has 2 aliphatic rings. The van der Waals surface area contributed by atoms with E-state index in [1.165, 1.54) is 10.1 Å². The number of amides is 4. The third-order valence-electron chi connectivity index (χ3n) is 10.5. The average molecular weight is 770 g/mol. The minimum atomic E-state index is -0.404. The number of unbranched alkanes of at least 4 members (excludes halogenated alkanes) is 1. The van der Waals surface area contributed by atoms with Gasteiger partial charge in [0.05, 0.1) is 33.5 Å². The molecule has 0 radical (unpaired) electrons. The fraction of sp³-hybridized carbons (Fsp3) is 0.450. The second-order valence-electron chi connectivity index (χ2n) is 14.3. The summed E-state index contributed by atoms with van der Waals surface area (Å²) in [6, 6.07) is 11.5. The van der Waals surface area contributed by atoms with Crippen LogP contribution in [0.1, 0.15) is 55.6 Å². The lowest BCUT2D eigenvalue weighted by Crippen LogP contribution is -2.47. The van der Waals surface area contributed by atoms with Gasteiger partial charge >= 0.3 is 0 Å². The van der Waals surface area contributed by atoms with Crippen molar-refractivity contribution in [1.82, 2.24) is 40.9 Å². The summed E-state index contributed by atoms with van der Waals surface area (Å²) in [5.41, 5.74) is 4.69. The van der Waals surface area contributed by atoms with E-state index in [4.69, 9.17) is 9.47 Å². The van der Waals surface area contributed by atoms with Crippen LogP contribution in [0, 0.1) is 0 Å². The molecule has 16 heteroatoms. The first-order valence-corrected chi connectivity index (χ1v) is 19.1. The van der Waals surface area contributed by atoms with Crippen LogP contribution in [0.15, 0.2) is 53.6 Å². The van der Waals surface area contributed by atoms with Crippen LogP contribution in [0.3, 0.4) is 0 Å². The number of likely N-dealkylation sites (tertiary alicyclic amines) is 1. The largest absolute Gasteiger partial charge is 0.496 e. The summed E-state index contributed by atoms with van der Waals surface area (Å²) in [5.74, 6) is 0.923. The zero-order valence-electron chi connectivity index (χ0n) is 32.2. The molecule has 6 N–H and O–H groups in total. The smallest absolute Gasteiger partial charge is 0.276 e. The van der Waals surface area contributed by atoms with Gasteiger partial charge in [-0.3, -0.25) is 39.3 Å². The van der Waals surface area contributed by atoms with Crippen molar-refractivity contribution in [3.8, 4) is 22.6 Å². The first kappa shape index (κ1) is 39.9. The predicted octanol–water partition coefficient (Wildman–Crippen LogP) is 2.14. The number of methoxy groups -OCH3 is 2. The lowest BCUT2D eigenvalue weighted by atomic mass is 9.89. The van der Waals surface area contributed by atoms with Crippen LogP contribution in [0.25, 0.3) is 22.0 Å². The number of aromatic nitrogens is 3. The molecule has 1 atom stereocenters. The van der Waals surface area contributed by atoms with E-state index in [0.717, 1.165) is 61.2 Å². The molecule has 56 heavy (non-hydrogen) atoms. The lowest BCUT2D eigenvalue weighted by molar-refractivity contribution is -0.133. The maximum absolute atomic E-state index is 12.6. The van der Waals surface area contributed by atoms with Gasteiger partial charge in [0.2, 0.25) is 23.6 Å². The van der Waals surface area contributed by atoms with E-state index in [0.29, 0.717) is 67.3 Å². The van der Waals surface area contributed by atoms with Crippen molar-refractivity contribution >= 4 is 40.2 Å². The predicted molar refractivity (Wildman–Crippen MR) is 211 cm³/mol. The fourth-order valence-corrected chi connectivity index (χ4v) is 7.33. The van der Waals surface area contributed by atoms with Crippen LogP contribution in [-0.4, -0.2) is 103 Å². The normalized spacial score (nSPS) is 16.4. The van der Waals surface area contributed by atoms with Crippen LogP contribution < -0.4 is 41.6 Å². The minimum absolute atomic E-state index is 0.00332. The van der Waals surface area contributed by atoms with Crippen molar-refractivity contribution in [3.63, 3.8) is 0 Å². The van der Waals surface area contributed by atoms with Crippen molar-refractivity contribution in [3.05, 3.63) is 70.3 Å². The molecule has 4 aromatic rings. The molecule has 298 valence electrons. The number of aryl methyl sites for hydroxylation is 1. The van der Waals surface area contributed by atoms with E-state index in [1.807, 2.05) is 24.3 Å². The molecule has 2 aromatic carbocycles. The standard InChI is InChI=1S/C40H51N9O7/c1-48-23-31(29-21-44-47-38(29)40(48)54)27-18-33(55-2)30(34(19-27)56-3)20-41-22-36(51)42-14-4-5-15-43-37(52)24-49-16-12-26(13-17-49)25-6-8-28(9-7-25)45-32-10-11-35(50)46-39(32)53/h6-9,18-19,21,23,26,32,41,45H,4-5,10-17,20,22,24H2,1-3H3,(H,42,51)(H,43,52)(H,44,47)(H,46,50,53). The number of rotatable bonds is 17. The Kier molecular flexibility index (Phi) is 13.4. The minimum Gasteiger partial charge on any atom is -0.496 e. The quantitative estimate of drug-likeness (QED) is 0.0679. The van der Waals surface area contributed by atoms with Gasteiger partial charge < -0.3 is 35.3 Å². The van der Waals surface area contributed by atoms with Crippen molar-refractivity contribution < 1.29 is 28.7 Å². The first-order chi connectivity index (χ1) is 27.1. The number of imide groups is 1. The number of ether oxygens (including phenoxy) is 2. The zero-order valence-corrected chi connectivity index (χ0v) is 32.2. The number of H-pyrrole nitrogens is 1. The Morgan fingerprint density at radius 3 is 2.27 bits per heavy atom. The molecule has 0 bridgehead atoms. The second kappa shape index (κ2) is 18.7. The number of benzene rings is 2. The molecule has 2 fully saturated rings. The number of hydrogen-bond acceptors (Lipinski definition) is 11. The Labute approximate surface area is 325 Å². The van der Waals surface area contributed by atoms with Crippen molar-refractivity contribution in [1.29, 1.82) is 0 Å². The van der Waals surface area contributed by atoms with E-state index in [-0.39, 0.29) is 35.7 Å². The Balaban J connectivity index is 0.848. The van der Waals surface area contributed by atoms with Crippen molar-refractivity contribution in [2.24, 2.45) is 7.05 Å². The highest BCUT2D eigenvalue weighted by atomic mass is 16.5. The van der Waals surface area contributed by atoms with E-state index in [9.17, 15) is 24.0 Å². The van der Waals surface area contributed by atoms with Gasteiger partial charge in [0, 0.05) is 61.5 Å². The Hall–Kier alpha value is -5.74. The number of nitrogens with zero attached hydrogens (tertiary/aromatic N) is 3. The van der Waals surface area contributed by atoms with Crippen LogP contribution >= 0.6 is 0 Å². The van der Waals surface area contributed by atoms with Gasteiger partial charge in [-0.1, -0.05) is 12.1 Å². The van der Waals surface area contributed by atoms with Gasteiger partial charge in [0.1, 0.15) is 23.1 Å². The Morgan fingerprint density at radius 1 is 0.929 bits per heavy atom. The molecular formula is C40H51N9O7. The number of piperidine rings is 2. The Morgan fingerprint density at radius 2 is 1.61 bits per heavy atom. The fourth-order valence-electron chi connectivity index (χ4n) is 7.33. The maximum Gasteiger partial charge on any atom is 0.276 e. The molecule has 0 spiro atoms. The molecule has 1 unspecified atom stereocenters. The second-order valence-corrected chi connectivity index (χ2v) is 14.3. The van der Waals surface area contributed by atoms with Crippen LogP contribution in [-0.2, 0) is 32.8 Å². The summed E-state index contributed by atoms with van der Waals surface area (Å²) in [4.78, 5) is 63.3. The van der Waals surface area contributed by atoms with E-state index < -0.39 is 6.04 Å². The molecule has 2 aliphatic heterocycles. The number of hydrogen-bond donors (Lipinski definition) is 6. The van der Waals surface area contributed by atoms with Gasteiger partial charge in [-0.25, -0.2) is 0 Å². The summed E-state index contributed by atoms with van der Waals surface area (Å²) in [5, 5.41) is 22.2. The number of carbonyl (C=O) groups excluding carboxylic acids is 4. The number of nitrogens with one attached hydrogen (secondary N) is 6. The molecule has 4 amide bonds. The van der Waals surface area contributed by atoms with Gasteiger partial charge in [-0.15, -0.1) is 0 Å². The molecule has 0 aliphatic carbocycles. The molecular weight excluding hydrogens is 718 g/mol. The highest BCUT2D eigenvalue weighted by molar-refractivity contribution is 6.01. The molecule has 2 saturated heterocycles. The average Bonchev–Trinajstić information content (AvgIpc) is 3.70. The number of anilines is 1. The number of aromatic amines is 1. The van der Waals surface area contributed by atoms with E-state index in [1.54, 1.807) is 33.7 Å². The topological polar surface area (TPSA) is 201 Å². The van der Waals surface area contributed by atoms with Gasteiger partial charge in [-0.05, 0) is 86.5 Å². The Bertz CT molecular complexity index is 2060. The highest BCUT2D eigenvalue weighted by Gasteiger charge is 2.27. The molecule has 4 heterocycles. The van der Waals surface area contributed by atoms with Gasteiger partial charge in [0.25, 0.3) is 5.56 Å². The summed E-state index contributed by atoms with van der Waals surface area (Å²) in [6.45, 7) is 3.52. The number of fused-ring (bicyclic) bond motifs is 1. The molecule has 16 nitrogen and oxygen atoms in total. The van der Waals surface area contributed by atoms with Crippen molar-refractivity contribution in [2.45, 2.75) is 57.0 Å².